The number of aromatic nitrogens is 2. The van der Waals surface area contributed by atoms with Crippen LogP contribution in [0.1, 0.15) is 23.1 Å². The molecule has 1 aromatic heterocycles. The first-order chi connectivity index (χ1) is 8.65. The van der Waals surface area contributed by atoms with E-state index in [0.29, 0.717) is 6.54 Å². The van der Waals surface area contributed by atoms with Crippen LogP contribution in [0, 0.1) is 13.8 Å². The van der Waals surface area contributed by atoms with Crippen LogP contribution in [0.3, 0.4) is 0 Å². The topological polar surface area (TPSA) is 63.8 Å². The molecule has 0 spiro atoms. The average molecular weight is 242 g/mol. The molecule has 4 nitrogen and oxygen atoms in total. The van der Waals surface area contributed by atoms with Gasteiger partial charge in [0, 0.05) is 24.3 Å². The lowest BCUT2D eigenvalue weighted by atomic mass is 10.1. The van der Waals surface area contributed by atoms with E-state index in [1.54, 1.807) is 0 Å². The van der Waals surface area contributed by atoms with Gasteiger partial charge < -0.3 is 11.1 Å². The molecule has 94 valence electrons. The highest BCUT2D eigenvalue weighted by atomic mass is 15.0. The van der Waals surface area contributed by atoms with Crippen molar-refractivity contribution in [2.75, 3.05) is 11.9 Å². The first-order valence-electron chi connectivity index (χ1n) is 6.02. The van der Waals surface area contributed by atoms with Gasteiger partial charge in [-0.2, -0.15) is 0 Å². The number of aryl methyl sites for hydroxylation is 2. The zero-order valence-corrected chi connectivity index (χ0v) is 10.7. The van der Waals surface area contributed by atoms with Crippen molar-refractivity contribution in [3.8, 4) is 0 Å². The zero-order valence-electron chi connectivity index (χ0n) is 10.7. The van der Waals surface area contributed by atoms with E-state index < -0.39 is 0 Å². The SMILES string of the molecule is Cc1cc(NCC(N)c2ccccc2)nc(C)n1. The van der Waals surface area contributed by atoms with Crippen molar-refractivity contribution in [2.45, 2.75) is 19.9 Å². The van der Waals surface area contributed by atoms with E-state index >= 15 is 0 Å². The molecule has 0 aliphatic heterocycles. The molecule has 0 bridgehead atoms. The second kappa shape index (κ2) is 5.60. The van der Waals surface area contributed by atoms with Gasteiger partial charge in [-0.15, -0.1) is 0 Å². The second-order valence-electron chi connectivity index (χ2n) is 4.34. The molecule has 3 N–H and O–H groups in total. The molecular formula is C14H18N4. The van der Waals surface area contributed by atoms with Gasteiger partial charge in [0.2, 0.25) is 0 Å². The number of nitrogens with zero attached hydrogens (tertiary/aromatic N) is 2. The summed E-state index contributed by atoms with van der Waals surface area (Å²) in [7, 11) is 0. The fourth-order valence-corrected chi connectivity index (χ4v) is 1.84. The Bertz CT molecular complexity index is 490. The van der Waals surface area contributed by atoms with Crippen LogP contribution >= 0.6 is 0 Å². The number of hydrogen-bond acceptors (Lipinski definition) is 4. The predicted molar refractivity (Wildman–Crippen MR) is 73.4 cm³/mol. The first-order valence-corrected chi connectivity index (χ1v) is 6.02. The molecule has 0 fully saturated rings. The van der Waals surface area contributed by atoms with Crippen LogP contribution in [-0.4, -0.2) is 16.5 Å². The van der Waals surface area contributed by atoms with Crippen molar-refractivity contribution in [2.24, 2.45) is 5.73 Å². The maximum absolute atomic E-state index is 6.11. The number of rotatable bonds is 4. The maximum Gasteiger partial charge on any atom is 0.129 e. The van der Waals surface area contributed by atoms with Crippen LogP contribution in [0.5, 0.6) is 0 Å². The van der Waals surface area contributed by atoms with E-state index in [-0.39, 0.29) is 6.04 Å². The van der Waals surface area contributed by atoms with Gasteiger partial charge in [0.25, 0.3) is 0 Å². The Morgan fingerprint density at radius 3 is 2.56 bits per heavy atom. The molecule has 1 aromatic carbocycles. The van der Waals surface area contributed by atoms with Gasteiger partial charge in [0.1, 0.15) is 11.6 Å². The van der Waals surface area contributed by atoms with Crippen LogP contribution in [0.2, 0.25) is 0 Å². The maximum atomic E-state index is 6.11. The smallest absolute Gasteiger partial charge is 0.129 e. The molecule has 1 atom stereocenters. The summed E-state index contributed by atoms with van der Waals surface area (Å²) in [5.74, 6) is 1.59. The quantitative estimate of drug-likeness (QED) is 0.862. The Hall–Kier alpha value is -1.94. The number of benzene rings is 1. The van der Waals surface area contributed by atoms with E-state index in [1.807, 2.05) is 50.2 Å². The minimum atomic E-state index is -0.0400. The van der Waals surface area contributed by atoms with E-state index in [4.69, 9.17) is 5.73 Å². The van der Waals surface area contributed by atoms with Crippen molar-refractivity contribution < 1.29 is 0 Å². The van der Waals surface area contributed by atoms with E-state index in [0.717, 1.165) is 22.9 Å². The van der Waals surface area contributed by atoms with E-state index in [2.05, 4.69) is 15.3 Å². The molecule has 0 aliphatic rings. The summed E-state index contributed by atoms with van der Waals surface area (Å²) in [5.41, 5.74) is 8.19. The predicted octanol–water partition coefficient (Wildman–Crippen LogP) is 2.21. The number of nitrogens with two attached hydrogens (primary N) is 1. The lowest BCUT2D eigenvalue weighted by Crippen LogP contribution is -2.21. The molecule has 2 rings (SSSR count). The summed E-state index contributed by atoms with van der Waals surface area (Å²) in [5, 5.41) is 3.25. The average Bonchev–Trinajstić information content (AvgIpc) is 2.36. The Labute approximate surface area is 107 Å². The number of anilines is 1. The van der Waals surface area contributed by atoms with Gasteiger partial charge in [0.15, 0.2) is 0 Å². The lowest BCUT2D eigenvalue weighted by Gasteiger charge is -2.14. The number of nitrogens with one attached hydrogen (secondary N) is 1. The van der Waals surface area contributed by atoms with E-state index in [1.165, 1.54) is 0 Å². The minimum Gasteiger partial charge on any atom is -0.368 e. The normalized spacial score (nSPS) is 12.2. The zero-order chi connectivity index (χ0) is 13.0. The molecule has 0 radical (unpaired) electrons. The van der Waals surface area contributed by atoms with Gasteiger partial charge in [-0.05, 0) is 19.4 Å². The Morgan fingerprint density at radius 2 is 1.89 bits per heavy atom. The number of hydrogen-bond donors (Lipinski definition) is 2. The molecular weight excluding hydrogens is 224 g/mol. The van der Waals surface area contributed by atoms with Crippen molar-refractivity contribution in [1.29, 1.82) is 0 Å². The van der Waals surface area contributed by atoms with Gasteiger partial charge in [-0.3, -0.25) is 0 Å². The summed E-state index contributed by atoms with van der Waals surface area (Å²) in [4.78, 5) is 8.56. The molecule has 0 amide bonds. The van der Waals surface area contributed by atoms with Crippen LogP contribution in [0.4, 0.5) is 5.82 Å². The summed E-state index contributed by atoms with van der Waals surface area (Å²) < 4.78 is 0. The van der Waals surface area contributed by atoms with Crippen LogP contribution < -0.4 is 11.1 Å². The fraction of sp³-hybridized carbons (Fsp3) is 0.286. The second-order valence-corrected chi connectivity index (χ2v) is 4.34. The molecule has 0 aliphatic carbocycles. The van der Waals surface area contributed by atoms with Crippen molar-refractivity contribution in [3.63, 3.8) is 0 Å². The minimum absolute atomic E-state index is 0.0400. The molecule has 2 aromatic rings. The van der Waals surface area contributed by atoms with Crippen LogP contribution in [0.25, 0.3) is 0 Å². The third-order valence-electron chi connectivity index (χ3n) is 2.70. The molecule has 0 saturated heterocycles. The van der Waals surface area contributed by atoms with Crippen molar-refractivity contribution >= 4 is 5.82 Å². The third-order valence-corrected chi connectivity index (χ3v) is 2.70. The highest BCUT2D eigenvalue weighted by molar-refractivity contribution is 5.36. The Morgan fingerprint density at radius 1 is 1.17 bits per heavy atom. The standard InChI is InChI=1S/C14H18N4/c1-10-8-14(18-11(2)17-10)16-9-13(15)12-6-4-3-5-7-12/h3-8,13H,9,15H2,1-2H3,(H,16,17,18). The molecule has 1 heterocycles. The van der Waals surface area contributed by atoms with Gasteiger partial charge >= 0.3 is 0 Å². The summed E-state index contributed by atoms with van der Waals surface area (Å²) in [6, 6.07) is 11.9. The lowest BCUT2D eigenvalue weighted by molar-refractivity contribution is 0.760. The molecule has 0 saturated carbocycles. The Kier molecular flexibility index (Phi) is 3.89. The van der Waals surface area contributed by atoms with Crippen LogP contribution in [-0.2, 0) is 0 Å². The van der Waals surface area contributed by atoms with Crippen LogP contribution in [0.15, 0.2) is 36.4 Å². The highest BCUT2D eigenvalue weighted by Crippen LogP contribution is 2.11. The van der Waals surface area contributed by atoms with E-state index in [9.17, 15) is 0 Å². The summed E-state index contributed by atoms with van der Waals surface area (Å²) in [6.07, 6.45) is 0. The third kappa shape index (κ3) is 3.28. The summed E-state index contributed by atoms with van der Waals surface area (Å²) in [6.45, 7) is 4.49. The van der Waals surface area contributed by atoms with Gasteiger partial charge in [-0.1, -0.05) is 30.3 Å². The molecule has 1 unspecified atom stereocenters. The van der Waals surface area contributed by atoms with Crippen molar-refractivity contribution in [3.05, 3.63) is 53.5 Å². The monoisotopic (exact) mass is 242 g/mol. The highest BCUT2D eigenvalue weighted by Gasteiger charge is 2.05. The Balaban J connectivity index is 1.99. The summed E-state index contributed by atoms with van der Waals surface area (Å²) >= 11 is 0. The van der Waals surface area contributed by atoms with Gasteiger partial charge in [-0.25, -0.2) is 9.97 Å². The van der Waals surface area contributed by atoms with Gasteiger partial charge in [0.05, 0.1) is 0 Å². The molecule has 18 heavy (non-hydrogen) atoms. The first kappa shape index (κ1) is 12.5. The molecule has 4 heteroatoms. The fourth-order valence-electron chi connectivity index (χ4n) is 1.84. The largest absolute Gasteiger partial charge is 0.368 e. The van der Waals surface area contributed by atoms with Crippen molar-refractivity contribution in [1.82, 2.24) is 9.97 Å².